The molecule has 1 aliphatic rings. The summed E-state index contributed by atoms with van der Waals surface area (Å²) in [6.07, 6.45) is 1.20. The summed E-state index contributed by atoms with van der Waals surface area (Å²) in [5, 5.41) is 20.6. The molecule has 1 saturated carbocycles. The second-order valence-electron chi connectivity index (χ2n) is 5.01. The van der Waals surface area contributed by atoms with Gasteiger partial charge in [-0.25, -0.2) is 4.39 Å². The SMILES string of the molecule is CN(CC(O)C1CC1)C(=O)c1cc(F)ccc1[N+](=O)[O-]. The molecule has 7 heteroatoms. The molecule has 1 N–H and O–H groups in total. The quantitative estimate of drug-likeness (QED) is 0.656. The fourth-order valence-corrected chi connectivity index (χ4v) is 2.04. The zero-order valence-electron chi connectivity index (χ0n) is 11.0. The maximum Gasteiger partial charge on any atom is 0.282 e. The van der Waals surface area contributed by atoms with Gasteiger partial charge in [0.15, 0.2) is 0 Å². The van der Waals surface area contributed by atoms with Gasteiger partial charge >= 0.3 is 0 Å². The molecule has 108 valence electrons. The normalized spacial score (nSPS) is 15.8. The van der Waals surface area contributed by atoms with E-state index < -0.39 is 28.4 Å². The summed E-state index contributed by atoms with van der Waals surface area (Å²) in [4.78, 5) is 23.5. The smallest absolute Gasteiger partial charge is 0.282 e. The Kier molecular flexibility index (Phi) is 3.99. The molecule has 1 unspecified atom stereocenters. The summed E-state index contributed by atoms with van der Waals surface area (Å²) in [5.41, 5.74) is -0.746. The Hall–Kier alpha value is -2.02. The Morgan fingerprint density at radius 2 is 2.25 bits per heavy atom. The Labute approximate surface area is 115 Å². The molecule has 2 rings (SSSR count). The first-order valence-corrected chi connectivity index (χ1v) is 6.27. The van der Waals surface area contributed by atoms with Crippen molar-refractivity contribution < 1.29 is 19.2 Å². The summed E-state index contributed by atoms with van der Waals surface area (Å²) in [5.74, 6) is -1.20. The molecule has 1 fully saturated rings. The number of hydrogen-bond acceptors (Lipinski definition) is 4. The Bertz CT molecular complexity index is 545. The topological polar surface area (TPSA) is 83.7 Å². The van der Waals surface area contributed by atoms with Crippen LogP contribution in [0.4, 0.5) is 10.1 Å². The van der Waals surface area contributed by atoms with Crippen LogP contribution in [0.3, 0.4) is 0 Å². The van der Waals surface area contributed by atoms with E-state index in [1.165, 1.54) is 11.9 Å². The van der Waals surface area contributed by atoms with Gasteiger partial charge < -0.3 is 10.0 Å². The average molecular weight is 282 g/mol. The second-order valence-corrected chi connectivity index (χ2v) is 5.01. The highest BCUT2D eigenvalue weighted by atomic mass is 19.1. The average Bonchev–Trinajstić information content (AvgIpc) is 3.21. The van der Waals surface area contributed by atoms with E-state index in [2.05, 4.69) is 0 Å². The highest BCUT2D eigenvalue weighted by Crippen LogP contribution is 2.33. The van der Waals surface area contributed by atoms with Crippen molar-refractivity contribution in [2.75, 3.05) is 13.6 Å². The maximum absolute atomic E-state index is 13.2. The van der Waals surface area contributed by atoms with Crippen LogP contribution in [0, 0.1) is 21.8 Å². The van der Waals surface area contributed by atoms with Crippen molar-refractivity contribution >= 4 is 11.6 Å². The monoisotopic (exact) mass is 282 g/mol. The first-order chi connectivity index (χ1) is 9.40. The van der Waals surface area contributed by atoms with Crippen LogP contribution in [-0.2, 0) is 0 Å². The van der Waals surface area contributed by atoms with Crippen LogP contribution >= 0.6 is 0 Å². The molecule has 20 heavy (non-hydrogen) atoms. The van der Waals surface area contributed by atoms with Gasteiger partial charge in [0.2, 0.25) is 0 Å². The Morgan fingerprint density at radius 3 is 2.80 bits per heavy atom. The molecule has 1 aromatic carbocycles. The number of nitro groups is 1. The van der Waals surface area contributed by atoms with Gasteiger partial charge in [0.1, 0.15) is 11.4 Å². The number of carbonyl (C=O) groups is 1. The van der Waals surface area contributed by atoms with Gasteiger partial charge in [0.05, 0.1) is 11.0 Å². The number of halogens is 1. The number of nitrogens with zero attached hydrogens (tertiary/aromatic N) is 2. The van der Waals surface area contributed by atoms with Crippen molar-refractivity contribution in [1.29, 1.82) is 0 Å². The lowest BCUT2D eigenvalue weighted by Crippen LogP contribution is -2.35. The van der Waals surface area contributed by atoms with E-state index >= 15 is 0 Å². The number of likely N-dealkylation sites (N-methyl/N-ethyl adjacent to an activating group) is 1. The van der Waals surface area contributed by atoms with Gasteiger partial charge in [-0.15, -0.1) is 0 Å². The molecular formula is C13H15FN2O4. The van der Waals surface area contributed by atoms with Crippen molar-refractivity contribution in [3.8, 4) is 0 Å². The van der Waals surface area contributed by atoms with E-state index in [4.69, 9.17) is 0 Å². The minimum absolute atomic E-state index is 0.0805. The van der Waals surface area contributed by atoms with Crippen LogP contribution in [0.15, 0.2) is 18.2 Å². The van der Waals surface area contributed by atoms with Gasteiger partial charge in [0, 0.05) is 19.7 Å². The molecule has 0 radical (unpaired) electrons. The van der Waals surface area contributed by atoms with Crippen LogP contribution in [0.1, 0.15) is 23.2 Å². The van der Waals surface area contributed by atoms with E-state index in [0.717, 1.165) is 31.0 Å². The third kappa shape index (κ3) is 3.11. The van der Waals surface area contributed by atoms with E-state index in [-0.39, 0.29) is 18.0 Å². The molecule has 1 amide bonds. The molecule has 0 spiro atoms. The summed E-state index contributed by atoms with van der Waals surface area (Å²) in [6.45, 7) is 0.0805. The van der Waals surface area contributed by atoms with Crippen LogP contribution in [-0.4, -0.2) is 40.5 Å². The number of benzene rings is 1. The van der Waals surface area contributed by atoms with E-state index in [1.54, 1.807) is 0 Å². The van der Waals surface area contributed by atoms with Gasteiger partial charge in [-0.2, -0.15) is 0 Å². The minimum atomic E-state index is -0.724. The predicted octanol–water partition coefficient (Wildman–Crippen LogP) is 1.58. The lowest BCUT2D eigenvalue weighted by molar-refractivity contribution is -0.385. The molecule has 0 bridgehead atoms. The number of amides is 1. The maximum atomic E-state index is 13.2. The highest BCUT2D eigenvalue weighted by Gasteiger charge is 2.32. The fraction of sp³-hybridized carbons (Fsp3) is 0.462. The van der Waals surface area contributed by atoms with E-state index in [1.807, 2.05) is 0 Å². The molecule has 0 saturated heterocycles. The Balaban J connectivity index is 2.18. The summed E-state index contributed by atoms with van der Waals surface area (Å²) >= 11 is 0. The largest absolute Gasteiger partial charge is 0.391 e. The molecule has 1 aromatic rings. The summed E-state index contributed by atoms with van der Waals surface area (Å²) in [7, 11) is 1.43. The number of nitro benzene ring substituents is 1. The first-order valence-electron chi connectivity index (χ1n) is 6.27. The number of hydrogen-bond donors (Lipinski definition) is 1. The van der Waals surface area contributed by atoms with Gasteiger partial charge in [-0.1, -0.05) is 0 Å². The van der Waals surface area contributed by atoms with Crippen molar-refractivity contribution in [1.82, 2.24) is 4.90 Å². The second kappa shape index (κ2) is 5.54. The van der Waals surface area contributed by atoms with Crippen molar-refractivity contribution in [2.24, 2.45) is 5.92 Å². The van der Waals surface area contributed by atoms with Crippen molar-refractivity contribution in [2.45, 2.75) is 18.9 Å². The molecule has 6 nitrogen and oxygen atoms in total. The summed E-state index contributed by atoms with van der Waals surface area (Å²) < 4.78 is 13.2. The lowest BCUT2D eigenvalue weighted by Gasteiger charge is -2.20. The lowest BCUT2D eigenvalue weighted by atomic mass is 10.1. The Morgan fingerprint density at radius 1 is 1.60 bits per heavy atom. The van der Waals surface area contributed by atoms with Gasteiger partial charge in [-0.3, -0.25) is 14.9 Å². The van der Waals surface area contributed by atoms with Crippen LogP contribution < -0.4 is 0 Å². The zero-order chi connectivity index (χ0) is 14.9. The van der Waals surface area contributed by atoms with E-state index in [0.29, 0.717) is 0 Å². The number of rotatable bonds is 5. The molecule has 1 aliphatic carbocycles. The van der Waals surface area contributed by atoms with Gasteiger partial charge in [-0.05, 0) is 30.9 Å². The molecule has 0 aliphatic heterocycles. The molecule has 0 heterocycles. The predicted molar refractivity (Wildman–Crippen MR) is 68.7 cm³/mol. The van der Waals surface area contributed by atoms with Crippen molar-refractivity contribution in [3.05, 3.63) is 39.7 Å². The van der Waals surface area contributed by atoms with Gasteiger partial charge in [0.25, 0.3) is 11.6 Å². The first kappa shape index (κ1) is 14.4. The third-order valence-electron chi connectivity index (χ3n) is 3.36. The standard InChI is InChI=1S/C13H15FN2O4/c1-15(7-12(17)8-2-3-8)13(18)10-6-9(14)4-5-11(10)16(19)20/h4-6,8,12,17H,2-3,7H2,1H3. The third-order valence-corrected chi connectivity index (χ3v) is 3.36. The van der Waals surface area contributed by atoms with Crippen molar-refractivity contribution in [3.63, 3.8) is 0 Å². The number of aliphatic hydroxyl groups is 1. The summed E-state index contributed by atoms with van der Waals surface area (Å²) in [6, 6.07) is 2.75. The molecule has 0 aromatic heterocycles. The highest BCUT2D eigenvalue weighted by molar-refractivity contribution is 5.98. The number of carbonyl (C=O) groups excluding carboxylic acids is 1. The molecule has 1 atom stereocenters. The van der Waals surface area contributed by atoms with Crippen LogP contribution in [0.5, 0.6) is 0 Å². The zero-order valence-corrected chi connectivity index (χ0v) is 11.0. The fourth-order valence-electron chi connectivity index (χ4n) is 2.04. The molecular weight excluding hydrogens is 267 g/mol. The van der Waals surface area contributed by atoms with Crippen LogP contribution in [0.25, 0.3) is 0 Å². The van der Waals surface area contributed by atoms with Crippen LogP contribution in [0.2, 0.25) is 0 Å². The minimum Gasteiger partial charge on any atom is -0.391 e. The van der Waals surface area contributed by atoms with E-state index in [9.17, 15) is 24.4 Å². The number of aliphatic hydroxyl groups excluding tert-OH is 1.